The minimum Gasteiger partial charge on any atom is -0.550 e. The quantitative estimate of drug-likeness (QED) is 0.101. The summed E-state index contributed by atoms with van der Waals surface area (Å²) in [5.41, 5.74) is 0.687. The number of carbonyl (C=O) groups excluding carboxylic acids is 1. The second-order valence-corrected chi connectivity index (χ2v) is 14.1. The van der Waals surface area contributed by atoms with Gasteiger partial charge in [-0.25, -0.2) is 0 Å². The van der Waals surface area contributed by atoms with E-state index in [1.165, 1.54) is 32.1 Å². The van der Waals surface area contributed by atoms with Crippen LogP contribution in [0.1, 0.15) is 158 Å². The molecule has 0 amide bonds. The largest absolute Gasteiger partial charge is 0.550 e. The van der Waals surface area contributed by atoms with E-state index in [0.29, 0.717) is 38.0 Å². The number of carboxylic acids is 1. The first-order chi connectivity index (χ1) is 19.7. The highest BCUT2D eigenvalue weighted by Gasteiger charge is 2.27. The number of hydrogen-bond donors (Lipinski definition) is 3. The van der Waals surface area contributed by atoms with Crippen LogP contribution in [0.4, 0.5) is 0 Å². The third-order valence-corrected chi connectivity index (χ3v) is 9.47. The average molecular weight is 594 g/mol. The summed E-state index contributed by atoms with van der Waals surface area (Å²) in [6.07, 6.45) is 17.3. The Labute approximate surface area is 258 Å². The van der Waals surface area contributed by atoms with Gasteiger partial charge in [0.15, 0.2) is 0 Å². The lowest BCUT2D eigenvalue weighted by Crippen LogP contribution is -2.30. The van der Waals surface area contributed by atoms with Crippen molar-refractivity contribution in [3.8, 4) is 0 Å². The maximum Gasteiger partial charge on any atom is 0.121 e. The minimum atomic E-state index is -1.04. The average Bonchev–Trinajstić information content (AvgIpc) is 2.90. The number of allylic oxidation sites excluding steroid dienone is 1. The van der Waals surface area contributed by atoms with Crippen molar-refractivity contribution >= 4 is 5.97 Å². The van der Waals surface area contributed by atoms with E-state index in [1.807, 2.05) is 13.0 Å². The van der Waals surface area contributed by atoms with Gasteiger partial charge in [0.25, 0.3) is 0 Å². The molecule has 0 spiro atoms. The molecule has 0 saturated heterocycles. The molecule has 0 fully saturated rings. The molecule has 6 unspecified atom stereocenters. The molecule has 1 aliphatic carbocycles. The van der Waals surface area contributed by atoms with Gasteiger partial charge in [-0.05, 0) is 114 Å². The molecule has 0 saturated carbocycles. The van der Waals surface area contributed by atoms with Crippen LogP contribution in [0.25, 0.3) is 0 Å². The van der Waals surface area contributed by atoms with Crippen molar-refractivity contribution in [1.29, 1.82) is 0 Å². The predicted molar refractivity (Wildman–Crippen MR) is 171 cm³/mol. The van der Waals surface area contributed by atoms with Crippen LogP contribution in [0.5, 0.6) is 0 Å². The molecule has 1 aliphatic rings. The van der Waals surface area contributed by atoms with E-state index in [4.69, 9.17) is 4.74 Å². The van der Waals surface area contributed by atoms with Crippen molar-refractivity contribution in [2.45, 2.75) is 175 Å². The lowest BCUT2D eigenvalue weighted by molar-refractivity contribution is -0.311. The molecule has 0 aromatic carbocycles. The number of unbranched alkanes of at least 4 members (excludes halogenated alkanes) is 5. The van der Waals surface area contributed by atoms with E-state index >= 15 is 0 Å². The summed E-state index contributed by atoms with van der Waals surface area (Å²) >= 11 is 0. The van der Waals surface area contributed by atoms with Gasteiger partial charge >= 0.3 is 0 Å². The molecule has 0 bridgehead atoms. The Morgan fingerprint density at radius 3 is 2.05 bits per heavy atom. The summed E-state index contributed by atoms with van der Waals surface area (Å²) in [4.78, 5) is 10.9. The zero-order valence-corrected chi connectivity index (χ0v) is 28.2. The molecule has 0 aromatic heterocycles. The highest BCUT2D eigenvalue weighted by molar-refractivity contribution is 5.66. The first-order valence-electron chi connectivity index (χ1n) is 17.1. The zero-order chi connectivity index (χ0) is 31.8. The van der Waals surface area contributed by atoms with Crippen LogP contribution in [0, 0.1) is 17.8 Å². The molecule has 0 aromatic rings. The zero-order valence-electron chi connectivity index (χ0n) is 28.2. The second-order valence-electron chi connectivity index (χ2n) is 14.1. The Hall–Kier alpha value is -1.37. The van der Waals surface area contributed by atoms with Crippen LogP contribution in [-0.2, 0) is 9.53 Å². The van der Waals surface area contributed by atoms with E-state index in [2.05, 4.69) is 27.7 Å². The van der Waals surface area contributed by atoms with E-state index in [1.54, 1.807) is 13.8 Å². The first kappa shape index (κ1) is 38.7. The molecule has 1 rings (SSSR count). The maximum absolute atomic E-state index is 10.9. The number of hydrogen-bond acceptors (Lipinski definition) is 6. The van der Waals surface area contributed by atoms with Crippen LogP contribution in [-0.4, -0.2) is 45.2 Å². The van der Waals surface area contributed by atoms with Crippen LogP contribution in [0.2, 0.25) is 0 Å². The maximum atomic E-state index is 10.9. The summed E-state index contributed by atoms with van der Waals surface area (Å²) in [5.74, 6) is 0.0477. The van der Waals surface area contributed by atoms with E-state index in [-0.39, 0.29) is 5.92 Å². The van der Waals surface area contributed by atoms with Gasteiger partial charge in [-0.15, -0.1) is 0 Å². The number of rotatable bonds is 24. The van der Waals surface area contributed by atoms with Crippen LogP contribution >= 0.6 is 0 Å². The lowest BCUT2D eigenvalue weighted by Gasteiger charge is -2.29. The van der Waals surface area contributed by atoms with Gasteiger partial charge in [0, 0.05) is 11.9 Å². The molecule has 3 N–H and O–H groups in total. The Morgan fingerprint density at radius 1 is 0.905 bits per heavy atom. The van der Waals surface area contributed by atoms with Crippen molar-refractivity contribution in [2.75, 3.05) is 6.61 Å². The Bertz CT molecular complexity index is 827. The number of ether oxygens (including phenoxy) is 1. The third kappa shape index (κ3) is 15.9. The van der Waals surface area contributed by atoms with Gasteiger partial charge in [0.2, 0.25) is 0 Å². The topological polar surface area (TPSA) is 110 Å². The SMILES string of the molecule is CCCCCCCCOC1=C(C)C(C)C(O)C=C1CCC(C)CCCC(C)(O)CCCC(C)(O)CCCC(C)C(=O)[O-]. The molecule has 42 heavy (non-hydrogen) atoms. The number of carboxylic acid groups (broad SMARTS) is 1. The fourth-order valence-electron chi connectivity index (χ4n) is 5.99. The van der Waals surface area contributed by atoms with Crippen LogP contribution in [0.15, 0.2) is 23.0 Å². The molecule has 246 valence electrons. The number of aliphatic carboxylic acids is 1. The van der Waals surface area contributed by atoms with Crippen LogP contribution in [0.3, 0.4) is 0 Å². The van der Waals surface area contributed by atoms with Gasteiger partial charge in [-0.1, -0.05) is 72.6 Å². The Morgan fingerprint density at radius 2 is 1.45 bits per heavy atom. The fraction of sp³-hybridized carbons (Fsp3) is 0.861. The lowest BCUT2D eigenvalue weighted by atomic mass is 9.83. The molecular weight excluding hydrogens is 528 g/mol. The summed E-state index contributed by atoms with van der Waals surface area (Å²) in [6, 6.07) is 0. The smallest absolute Gasteiger partial charge is 0.121 e. The van der Waals surface area contributed by atoms with Crippen molar-refractivity contribution in [1.82, 2.24) is 0 Å². The minimum absolute atomic E-state index is 0.0786. The highest BCUT2D eigenvalue weighted by Crippen LogP contribution is 2.35. The highest BCUT2D eigenvalue weighted by atomic mass is 16.5. The van der Waals surface area contributed by atoms with Crippen molar-refractivity contribution in [3.05, 3.63) is 23.0 Å². The summed E-state index contributed by atoms with van der Waals surface area (Å²) in [5, 5.41) is 43.1. The second kappa shape index (κ2) is 19.8. The van der Waals surface area contributed by atoms with Crippen molar-refractivity contribution in [3.63, 3.8) is 0 Å². The molecular formula is C36H65O6-. The molecule has 0 aliphatic heterocycles. The molecule has 6 atom stereocenters. The molecule has 0 radical (unpaired) electrons. The van der Waals surface area contributed by atoms with E-state index in [0.717, 1.165) is 68.5 Å². The van der Waals surface area contributed by atoms with E-state index < -0.39 is 29.2 Å². The number of aliphatic hydroxyl groups excluding tert-OH is 1. The van der Waals surface area contributed by atoms with Crippen molar-refractivity contribution < 1.29 is 30.0 Å². The fourth-order valence-corrected chi connectivity index (χ4v) is 5.99. The Balaban J connectivity index is 2.41. The third-order valence-electron chi connectivity index (χ3n) is 9.47. The van der Waals surface area contributed by atoms with Gasteiger partial charge in [0.05, 0.1) is 23.9 Å². The molecule has 0 heterocycles. The van der Waals surface area contributed by atoms with Crippen molar-refractivity contribution in [2.24, 2.45) is 17.8 Å². The normalized spacial score (nSPS) is 21.8. The van der Waals surface area contributed by atoms with E-state index in [9.17, 15) is 25.2 Å². The summed E-state index contributed by atoms with van der Waals surface area (Å²) in [6.45, 7) is 14.7. The van der Waals surface area contributed by atoms with Gasteiger partial charge in [-0.3, -0.25) is 0 Å². The standard InChI is InChI=1S/C36H66O6/c1-8-9-10-11-12-13-25-42-33-30(5)29(4)32(37)26-31(33)20-19-27(2)17-14-21-35(6,40)23-16-24-36(7,41)22-15-18-28(3)34(38)39/h26-29,32,37,40-41H,8-25H2,1-7H3,(H,38,39)/p-1. The molecule has 6 nitrogen and oxygen atoms in total. The predicted octanol–water partition coefficient (Wildman–Crippen LogP) is 7.39. The molecule has 6 heteroatoms. The number of aliphatic hydroxyl groups is 3. The monoisotopic (exact) mass is 593 g/mol. The van der Waals surface area contributed by atoms with Crippen LogP contribution < -0.4 is 5.11 Å². The van der Waals surface area contributed by atoms with Gasteiger partial charge < -0.3 is 30.0 Å². The van der Waals surface area contributed by atoms with Gasteiger partial charge in [0.1, 0.15) is 5.76 Å². The van der Waals surface area contributed by atoms with Gasteiger partial charge in [-0.2, -0.15) is 0 Å². The summed E-state index contributed by atoms with van der Waals surface area (Å²) in [7, 11) is 0. The number of carbonyl (C=O) groups is 1. The summed E-state index contributed by atoms with van der Waals surface area (Å²) < 4.78 is 6.32. The Kier molecular flexibility index (Phi) is 18.2. The first-order valence-corrected chi connectivity index (χ1v) is 17.1.